The quantitative estimate of drug-likeness (QED) is 0.636. The lowest BCUT2D eigenvalue weighted by Gasteiger charge is -2.27. The largest absolute Gasteiger partial charge is 0.396 e. The molecule has 1 saturated carbocycles. The molecular formula is C12H24N2O2S. The van der Waals surface area contributed by atoms with Crippen molar-refractivity contribution in [2.24, 2.45) is 5.92 Å². The molecule has 0 radical (unpaired) electrons. The molecule has 0 unspecified atom stereocenters. The van der Waals surface area contributed by atoms with E-state index < -0.39 is 0 Å². The Kier molecular flexibility index (Phi) is 7.44. The van der Waals surface area contributed by atoms with Gasteiger partial charge in [-0.1, -0.05) is 0 Å². The first-order chi connectivity index (χ1) is 8.26. The summed E-state index contributed by atoms with van der Waals surface area (Å²) in [6.45, 7) is 1.03. The molecule has 17 heavy (non-hydrogen) atoms. The van der Waals surface area contributed by atoms with E-state index in [9.17, 15) is 4.79 Å². The second-order valence-corrected chi connectivity index (χ2v) is 5.63. The van der Waals surface area contributed by atoms with Gasteiger partial charge >= 0.3 is 6.03 Å². The van der Waals surface area contributed by atoms with Crippen LogP contribution in [-0.4, -0.2) is 42.3 Å². The molecule has 1 aliphatic rings. The molecule has 100 valence electrons. The van der Waals surface area contributed by atoms with Gasteiger partial charge in [0, 0.05) is 19.2 Å². The van der Waals surface area contributed by atoms with Crippen LogP contribution in [0.25, 0.3) is 0 Å². The molecule has 1 fully saturated rings. The molecule has 0 saturated heterocycles. The van der Waals surface area contributed by atoms with Crippen molar-refractivity contribution in [3.8, 4) is 0 Å². The van der Waals surface area contributed by atoms with Crippen molar-refractivity contribution < 1.29 is 9.90 Å². The van der Waals surface area contributed by atoms with Crippen molar-refractivity contribution in [3.05, 3.63) is 0 Å². The Bertz CT molecular complexity index is 219. The van der Waals surface area contributed by atoms with Crippen LogP contribution in [0.3, 0.4) is 0 Å². The van der Waals surface area contributed by atoms with Crippen LogP contribution in [0, 0.1) is 5.92 Å². The molecule has 0 aromatic heterocycles. The van der Waals surface area contributed by atoms with Crippen molar-refractivity contribution in [3.63, 3.8) is 0 Å². The minimum absolute atomic E-state index is 0.0430. The minimum atomic E-state index is -0.0430. The van der Waals surface area contributed by atoms with E-state index in [1.807, 2.05) is 0 Å². The fourth-order valence-electron chi connectivity index (χ4n) is 2.14. The molecule has 0 heterocycles. The van der Waals surface area contributed by atoms with Crippen molar-refractivity contribution in [2.45, 2.75) is 38.1 Å². The van der Waals surface area contributed by atoms with E-state index in [4.69, 9.17) is 5.11 Å². The van der Waals surface area contributed by atoms with Gasteiger partial charge in [0.2, 0.25) is 0 Å². The third-order valence-corrected chi connectivity index (χ3v) is 3.95. The summed E-state index contributed by atoms with van der Waals surface area (Å²) < 4.78 is 0. The standard InChI is InChI=1S/C12H24N2O2S/c1-17-8-2-7-13-12(16)14-11-5-3-10(9-15)4-6-11/h10-11,15H,2-9H2,1H3,(H2,13,14,16). The highest BCUT2D eigenvalue weighted by Crippen LogP contribution is 2.23. The summed E-state index contributed by atoms with van der Waals surface area (Å²) in [6.07, 6.45) is 7.11. The van der Waals surface area contributed by atoms with E-state index in [0.717, 1.165) is 44.4 Å². The van der Waals surface area contributed by atoms with Gasteiger partial charge in [-0.15, -0.1) is 0 Å². The lowest BCUT2D eigenvalue weighted by Crippen LogP contribution is -2.44. The van der Waals surface area contributed by atoms with E-state index in [1.54, 1.807) is 11.8 Å². The van der Waals surface area contributed by atoms with Crippen LogP contribution in [0.1, 0.15) is 32.1 Å². The molecular weight excluding hydrogens is 236 g/mol. The third-order valence-electron chi connectivity index (χ3n) is 3.25. The summed E-state index contributed by atoms with van der Waals surface area (Å²) in [6, 6.07) is 0.247. The Hall–Kier alpha value is -0.420. The topological polar surface area (TPSA) is 61.4 Å². The Morgan fingerprint density at radius 2 is 2.06 bits per heavy atom. The van der Waals surface area contributed by atoms with Gasteiger partial charge < -0.3 is 15.7 Å². The molecule has 4 nitrogen and oxygen atoms in total. The second kappa shape index (κ2) is 8.64. The molecule has 5 heteroatoms. The summed E-state index contributed by atoms with van der Waals surface area (Å²) in [5.74, 6) is 1.53. The molecule has 1 aliphatic carbocycles. The highest BCUT2D eigenvalue weighted by atomic mass is 32.2. The van der Waals surface area contributed by atoms with Gasteiger partial charge in [-0.05, 0) is 50.0 Å². The van der Waals surface area contributed by atoms with Crippen molar-refractivity contribution in [1.82, 2.24) is 10.6 Å². The number of amides is 2. The molecule has 0 atom stereocenters. The average Bonchev–Trinajstić information content (AvgIpc) is 2.36. The lowest BCUT2D eigenvalue weighted by atomic mass is 9.87. The van der Waals surface area contributed by atoms with Gasteiger partial charge in [0.1, 0.15) is 0 Å². The molecule has 0 aliphatic heterocycles. The number of hydrogen-bond acceptors (Lipinski definition) is 3. The lowest BCUT2D eigenvalue weighted by molar-refractivity contribution is 0.174. The smallest absolute Gasteiger partial charge is 0.315 e. The summed E-state index contributed by atoms with van der Waals surface area (Å²) in [5, 5.41) is 14.9. The molecule has 0 spiro atoms. The molecule has 0 aromatic rings. The first-order valence-corrected chi connectivity index (χ1v) is 7.79. The number of aliphatic hydroxyl groups is 1. The molecule has 1 rings (SSSR count). The maximum atomic E-state index is 11.5. The Labute approximate surface area is 108 Å². The van der Waals surface area contributed by atoms with Crippen LogP contribution in [0.15, 0.2) is 0 Å². The predicted molar refractivity (Wildman–Crippen MR) is 72.4 cm³/mol. The summed E-state index contributed by atoms with van der Waals surface area (Å²) >= 11 is 1.80. The van der Waals surface area contributed by atoms with E-state index >= 15 is 0 Å². The van der Waals surface area contributed by atoms with Crippen LogP contribution in [0.5, 0.6) is 0 Å². The maximum Gasteiger partial charge on any atom is 0.315 e. The van der Waals surface area contributed by atoms with E-state index in [2.05, 4.69) is 16.9 Å². The van der Waals surface area contributed by atoms with Crippen molar-refractivity contribution in [2.75, 3.05) is 25.2 Å². The molecule has 3 N–H and O–H groups in total. The van der Waals surface area contributed by atoms with E-state index in [-0.39, 0.29) is 12.6 Å². The summed E-state index contributed by atoms with van der Waals surface area (Å²) in [7, 11) is 0. The second-order valence-electron chi connectivity index (χ2n) is 4.65. The number of carbonyl (C=O) groups excluding carboxylic acids is 1. The van der Waals surface area contributed by atoms with Gasteiger partial charge in [0.05, 0.1) is 0 Å². The normalized spacial score (nSPS) is 24.4. The van der Waals surface area contributed by atoms with Crippen LogP contribution in [-0.2, 0) is 0 Å². The van der Waals surface area contributed by atoms with E-state index in [0.29, 0.717) is 12.0 Å². The number of rotatable bonds is 6. The van der Waals surface area contributed by atoms with Crippen LogP contribution in [0.2, 0.25) is 0 Å². The number of thioether (sulfide) groups is 1. The fraction of sp³-hybridized carbons (Fsp3) is 0.917. The van der Waals surface area contributed by atoms with Gasteiger partial charge in [0.25, 0.3) is 0 Å². The zero-order chi connectivity index (χ0) is 12.5. The first-order valence-electron chi connectivity index (χ1n) is 6.40. The predicted octanol–water partition coefficient (Wildman–Crippen LogP) is 1.59. The van der Waals surface area contributed by atoms with Crippen LogP contribution >= 0.6 is 11.8 Å². The van der Waals surface area contributed by atoms with E-state index in [1.165, 1.54) is 0 Å². The molecule has 0 bridgehead atoms. The van der Waals surface area contributed by atoms with Crippen molar-refractivity contribution in [1.29, 1.82) is 0 Å². The number of hydrogen-bond donors (Lipinski definition) is 3. The van der Waals surface area contributed by atoms with Crippen molar-refractivity contribution >= 4 is 17.8 Å². The zero-order valence-electron chi connectivity index (χ0n) is 10.6. The number of carbonyl (C=O) groups is 1. The van der Waals surface area contributed by atoms with Gasteiger partial charge in [-0.3, -0.25) is 0 Å². The monoisotopic (exact) mass is 260 g/mol. The fourth-order valence-corrected chi connectivity index (χ4v) is 2.58. The SMILES string of the molecule is CSCCCNC(=O)NC1CCC(CO)CC1. The summed E-state index contributed by atoms with van der Waals surface area (Å²) in [5.41, 5.74) is 0. The van der Waals surface area contributed by atoms with Gasteiger partial charge in [-0.2, -0.15) is 11.8 Å². The zero-order valence-corrected chi connectivity index (χ0v) is 11.4. The van der Waals surface area contributed by atoms with Crippen LogP contribution < -0.4 is 10.6 Å². The highest BCUT2D eigenvalue weighted by molar-refractivity contribution is 7.98. The highest BCUT2D eigenvalue weighted by Gasteiger charge is 2.21. The first kappa shape index (κ1) is 14.6. The average molecular weight is 260 g/mol. The number of urea groups is 1. The molecule has 0 aromatic carbocycles. The van der Waals surface area contributed by atoms with Crippen LogP contribution in [0.4, 0.5) is 4.79 Å². The minimum Gasteiger partial charge on any atom is -0.396 e. The summed E-state index contributed by atoms with van der Waals surface area (Å²) in [4.78, 5) is 11.5. The molecule has 2 amide bonds. The number of aliphatic hydroxyl groups excluding tert-OH is 1. The van der Waals surface area contributed by atoms with Gasteiger partial charge in [-0.25, -0.2) is 4.79 Å². The third kappa shape index (κ3) is 6.17. The Morgan fingerprint density at radius 3 is 2.65 bits per heavy atom. The Balaban J connectivity index is 2.06. The maximum absolute atomic E-state index is 11.5. The Morgan fingerprint density at radius 1 is 1.35 bits per heavy atom. The van der Waals surface area contributed by atoms with Gasteiger partial charge in [0.15, 0.2) is 0 Å². The number of nitrogens with one attached hydrogen (secondary N) is 2.